The fourth-order valence-electron chi connectivity index (χ4n) is 2.40. The Balaban J connectivity index is 2.05. The van der Waals surface area contributed by atoms with Crippen molar-refractivity contribution in [2.24, 2.45) is 0 Å². The molecule has 24 heavy (non-hydrogen) atoms. The number of hydrogen-bond donors (Lipinski definition) is 1. The first-order valence-corrected chi connectivity index (χ1v) is 8.17. The minimum absolute atomic E-state index is 0.189. The summed E-state index contributed by atoms with van der Waals surface area (Å²) in [5.41, 5.74) is 3.04. The number of benzene rings is 2. The molecule has 4 heteroatoms. The fourth-order valence-corrected chi connectivity index (χ4v) is 2.40. The molecule has 4 nitrogen and oxygen atoms in total. The Hall–Kier alpha value is -2.80. The molecule has 0 aromatic heterocycles. The molecule has 0 heterocycles. The van der Waals surface area contributed by atoms with Gasteiger partial charge in [0.15, 0.2) is 0 Å². The number of anilines is 1. The van der Waals surface area contributed by atoms with Crippen molar-refractivity contribution in [3.63, 3.8) is 0 Å². The van der Waals surface area contributed by atoms with Crippen LogP contribution in [0.1, 0.15) is 37.3 Å². The molecule has 0 saturated carbocycles. The molecule has 0 atom stereocenters. The first-order valence-electron chi connectivity index (χ1n) is 8.17. The van der Waals surface area contributed by atoms with E-state index in [4.69, 9.17) is 5.26 Å². The summed E-state index contributed by atoms with van der Waals surface area (Å²) in [7, 11) is 0. The summed E-state index contributed by atoms with van der Waals surface area (Å²) in [5.74, 6) is 0.458. The molecule has 0 unspecified atom stereocenters. The van der Waals surface area contributed by atoms with Crippen LogP contribution in [-0.2, 0) is 6.54 Å². The molecule has 124 valence electrons. The van der Waals surface area contributed by atoms with Gasteiger partial charge in [-0.3, -0.25) is 0 Å². The van der Waals surface area contributed by atoms with E-state index in [1.807, 2.05) is 54.6 Å². The molecule has 0 aliphatic heterocycles. The first-order chi connectivity index (χ1) is 11.6. The Kier molecular flexibility index (Phi) is 6.39. The van der Waals surface area contributed by atoms with E-state index in [9.17, 15) is 4.79 Å². The third-order valence-electron chi connectivity index (χ3n) is 3.83. The molecule has 1 N–H and O–H groups in total. The number of urea groups is 1. The van der Waals surface area contributed by atoms with Crippen molar-refractivity contribution >= 4 is 11.7 Å². The second-order valence-corrected chi connectivity index (χ2v) is 6.02. The maximum atomic E-state index is 12.5. The Morgan fingerprint density at radius 1 is 1.12 bits per heavy atom. The van der Waals surface area contributed by atoms with Gasteiger partial charge in [-0.15, -0.1) is 0 Å². The topological polar surface area (TPSA) is 56.1 Å². The molecule has 2 amide bonds. The largest absolute Gasteiger partial charge is 0.322 e. The zero-order chi connectivity index (χ0) is 17.4. The van der Waals surface area contributed by atoms with Crippen LogP contribution in [0.5, 0.6) is 0 Å². The molecular formula is C20H23N3O. The van der Waals surface area contributed by atoms with E-state index in [0.29, 0.717) is 25.4 Å². The highest BCUT2D eigenvalue weighted by Crippen LogP contribution is 2.17. The van der Waals surface area contributed by atoms with Crippen LogP contribution in [0, 0.1) is 11.3 Å². The van der Waals surface area contributed by atoms with Gasteiger partial charge in [0.25, 0.3) is 0 Å². The summed E-state index contributed by atoms with van der Waals surface area (Å²) < 4.78 is 0. The van der Waals surface area contributed by atoms with Gasteiger partial charge in [0.1, 0.15) is 0 Å². The number of nitrogens with zero attached hydrogens (tertiary/aromatic N) is 2. The van der Waals surface area contributed by atoms with Crippen molar-refractivity contribution in [2.45, 2.75) is 32.7 Å². The molecule has 0 bridgehead atoms. The molecule has 2 aromatic rings. The van der Waals surface area contributed by atoms with Crippen LogP contribution in [0.4, 0.5) is 10.5 Å². The molecule has 2 rings (SSSR count). The van der Waals surface area contributed by atoms with Gasteiger partial charge >= 0.3 is 6.03 Å². The maximum absolute atomic E-state index is 12.5. The van der Waals surface area contributed by atoms with Crippen LogP contribution >= 0.6 is 0 Å². The maximum Gasteiger partial charge on any atom is 0.322 e. The van der Waals surface area contributed by atoms with Crippen LogP contribution < -0.4 is 5.32 Å². The normalized spacial score (nSPS) is 10.2. The van der Waals surface area contributed by atoms with Gasteiger partial charge in [-0.1, -0.05) is 56.3 Å². The highest BCUT2D eigenvalue weighted by atomic mass is 16.2. The van der Waals surface area contributed by atoms with Gasteiger partial charge in [-0.2, -0.15) is 5.26 Å². The van der Waals surface area contributed by atoms with Crippen molar-refractivity contribution in [2.75, 3.05) is 11.9 Å². The average Bonchev–Trinajstić information content (AvgIpc) is 2.60. The molecular weight excluding hydrogens is 298 g/mol. The van der Waals surface area contributed by atoms with Crippen molar-refractivity contribution < 1.29 is 4.79 Å². The zero-order valence-electron chi connectivity index (χ0n) is 14.2. The number of nitrogens with one attached hydrogen (secondary N) is 1. The zero-order valence-corrected chi connectivity index (χ0v) is 14.2. The van der Waals surface area contributed by atoms with E-state index in [2.05, 4.69) is 25.2 Å². The van der Waals surface area contributed by atoms with Crippen LogP contribution in [0.2, 0.25) is 0 Å². The molecule has 0 radical (unpaired) electrons. The Morgan fingerprint density at radius 2 is 1.79 bits per heavy atom. The summed E-state index contributed by atoms with van der Waals surface area (Å²) in [6.45, 7) is 5.16. The van der Waals surface area contributed by atoms with E-state index >= 15 is 0 Å². The molecule has 0 aliphatic carbocycles. The molecule has 0 spiro atoms. The van der Waals surface area contributed by atoms with E-state index in [1.165, 1.54) is 5.56 Å². The van der Waals surface area contributed by atoms with Gasteiger partial charge < -0.3 is 10.2 Å². The van der Waals surface area contributed by atoms with Gasteiger partial charge in [0, 0.05) is 18.8 Å². The van der Waals surface area contributed by atoms with E-state index < -0.39 is 0 Å². The highest BCUT2D eigenvalue weighted by Gasteiger charge is 2.14. The van der Waals surface area contributed by atoms with Gasteiger partial charge in [-0.05, 0) is 29.2 Å². The van der Waals surface area contributed by atoms with Crippen molar-refractivity contribution in [3.8, 4) is 6.07 Å². The quantitative estimate of drug-likeness (QED) is 0.834. The third kappa shape index (κ3) is 5.13. The second kappa shape index (κ2) is 8.73. The summed E-state index contributed by atoms with van der Waals surface area (Å²) in [5, 5.41) is 11.7. The SMILES string of the molecule is CC(C)c1ccc(NC(=O)N(CCC#N)Cc2ccccc2)cc1. The summed E-state index contributed by atoms with van der Waals surface area (Å²) >= 11 is 0. The first kappa shape index (κ1) is 17.6. The van der Waals surface area contributed by atoms with Gasteiger partial charge in [0.2, 0.25) is 0 Å². The molecule has 0 saturated heterocycles. The third-order valence-corrected chi connectivity index (χ3v) is 3.83. The number of nitriles is 1. The summed E-state index contributed by atoms with van der Waals surface area (Å²) in [6, 6.07) is 19.6. The number of amides is 2. The van der Waals surface area contributed by atoms with Crippen LogP contribution in [0.3, 0.4) is 0 Å². The van der Waals surface area contributed by atoms with Crippen molar-refractivity contribution in [1.29, 1.82) is 5.26 Å². The minimum atomic E-state index is -0.189. The summed E-state index contributed by atoms with van der Waals surface area (Å²) in [4.78, 5) is 14.2. The lowest BCUT2D eigenvalue weighted by Gasteiger charge is -2.22. The smallest absolute Gasteiger partial charge is 0.319 e. The monoisotopic (exact) mass is 321 g/mol. The lowest BCUT2D eigenvalue weighted by atomic mass is 10.0. The van der Waals surface area contributed by atoms with Crippen LogP contribution in [0.25, 0.3) is 0 Å². The lowest BCUT2D eigenvalue weighted by Crippen LogP contribution is -2.35. The standard InChI is InChI=1S/C20H23N3O/c1-16(2)18-9-11-19(12-10-18)22-20(24)23(14-6-13-21)15-17-7-4-3-5-8-17/h3-5,7-12,16H,6,14-15H2,1-2H3,(H,22,24). The van der Waals surface area contributed by atoms with Crippen LogP contribution in [0.15, 0.2) is 54.6 Å². The molecule has 0 aliphatic rings. The highest BCUT2D eigenvalue weighted by molar-refractivity contribution is 5.89. The predicted octanol–water partition coefficient (Wildman–Crippen LogP) is 4.76. The molecule has 0 fully saturated rings. The fraction of sp³-hybridized carbons (Fsp3) is 0.300. The Bertz CT molecular complexity index is 687. The average molecular weight is 321 g/mol. The second-order valence-electron chi connectivity index (χ2n) is 6.02. The van der Waals surface area contributed by atoms with Gasteiger partial charge in [-0.25, -0.2) is 4.79 Å². The van der Waals surface area contributed by atoms with Gasteiger partial charge in [0.05, 0.1) is 12.5 Å². The Labute approximate surface area is 143 Å². The number of carbonyl (C=O) groups excluding carboxylic acids is 1. The number of carbonyl (C=O) groups is 1. The minimum Gasteiger partial charge on any atom is -0.319 e. The predicted molar refractivity (Wildman–Crippen MR) is 96.6 cm³/mol. The number of rotatable bonds is 6. The summed E-state index contributed by atoms with van der Waals surface area (Å²) in [6.07, 6.45) is 0.312. The van der Waals surface area contributed by atoms with E-state index in [0.717, 1.165) is 11.3 Å². The van der Waals surface area contributed by atoms with Crippen LogP contribution in [-0.4, -0.2) is 17.5 Å². The van der Waals surface area contributed by atoms with Crippen molar-refractivity contribution in [3.05, 3.63) is 65.7 Å². The van der Waals surface area contributed by atoms with E-state index in [1.54, 1.807) is 4.90 Å². The van der Waals surface area contributed by atoms with E-state index in [-0.39, 0.29) is 6.03 Å². The number of hydrogen-bond acceptors (Lipinski definition) is 2. The Morgan fingerprint density at radius 3 is 2.38 bits per heavy atom. The lowest BCUT2D eigenvalue weighted by molar-refractivity contribution is 0.210. The molecule has 2 aromatic carbocycles. The van der Waals surface area contributed by atoms with Crippen molar-refractivity contribution in [1.82, 2.24) is 4.90 Å².